The fraction of sp³-hybridized carbons (Fsp3) is 0.474. The normalized spacial score (nSPS) is 12.2. The van der Waals surface area contributed by atoms with Gasteiger partial charge in [0.15, 0.2) is 5.60 Å². The summed E-state index contributed by atoms with van der Waals surface area (Å²) >= 11 is 0. The van der Waals surface area contributed by atoms with Gasteiger partial charge in [0.25, 0.3) is 0 Å². The summed E-state index contributed by atoms with van der Waals surface area (Å²) in [6.45, 7) is 10.6. The van der Waals surface area contributed by atoms with Crippen molar-refractivity contribution in [1.29, 1.82) is 0 Å². The molecule has 0 aliphatic rings. The number of hydrogen-bond donors (Lipinski definition) is 1. The topological polar surface area (TPSA) is 82.1 Å². The van der Waals surface area contributed by atoms with Crippen LogP contribution in [0.1, 0.15) is 44.2 Å². The third kappa shape index (κ3) is 5.24. The number of aliphatic carboxylic acids is 1. The lowest BCUT2D eigenvalue weighted by molar-refractivity contribution is -0.152. The average Bonchev–Trinajstić information content (AvgIpc) is 2.53. The second-order valence-corrected chi connectivity index (χ2v) is 6.13. The molecule has 6 heteroatoms. The number of esters is 1. The van der Waals surface area contributed by atoms with E-state index in [1.165, 1.54) is 13.8 Å². The van der Waals surface area contributed by atoms with Gasteiger partial charge in [0.05, 0.1) is 20.1 Å². The van der Waals surface area contributed by atoms with E-state index in [0.29, 0.717) is 17.1 Å². The zero-order valence-corrected chi connectivity index (χ0v) is 15.4. The van der Waals surface area contributed by atoms with E-state index in [9.17, 15) is 14.7 Å². The maximum atomic E-state index is 11.9. The van der Waals surface area contributed by atoms with Gasteiger partial charge < -0.3 is 19.3 Å². The third-order valence-corrected chi connectivity index (χ3v) is 3.78. The van der Waals surface area contributed by atoms with Crippen LogP contribution in [-0.2, 0) is 14.3 Å². The van der Waals surface area contributed by atoms with Gasteiger partial charge in [0.2, 0.25) is 0 Å². The molecule has 0 radical (unpaired) electrons. The lowest BCUT2D eigenvalue weighted by atomic mass is 9.93. The first-order valence-corrected chi connectivity index (χ1v) is 8.05. The second kappa shape index (κ2) is 8.55. The summed E-state index contributed by atoms with van der Waals surface area (Å²) in [5.41, 5.74) is -0.00738. The molecule has 0 heterocycles. The molecule has 0 saturated carbocycles. The Balaban J connectivity index is 3.35. The molecule has 0 aliphatic heterocycles. The molecule has 0 spiro atoms. The Bertz CT molecular complexity index is 648. The first-order valence-electron chi connectivity index (χ1n) is 8.05. The van der Waals surface area contributed by atoms with Crippen LogP contribution in [-0.4, -0.2) is 36.4 Å². The molecule has 0 aliphatic carbocycles. The number of ether oxygens (including phenoxy) is 3. The number of methoxy groups -OCH3 is 1. The Morgan fingerprint density at radius 1 is 1.32 bits per heavy atom. The van der Waals surface area contributed by atoms with E-state index in [2.05, 4.69) is 6.58 Å². The SMILES string of the molecule is C=CC(CC(=O)OCC)c1cc(OC)c(C)cc1OC(C)(C)C(=O)O. The standard InChI is InChI=1S/C19H26O6/c1-7-13(10-17(20)24-8-2)14-11-15(23-6)12(3)9-16(14)25-19(4,5)18(21)22/h7,9,11,13H,1,8,10H2,2-6H3,(H,21,22). The summed E-state index contributed by atoms with van der Waals surface area (Å²) in [7, 11) is 1.54. The summed E-state index contributed by atoms with van der Waals surface area (Å²) in [6.07, 6.45) is 1.69. The van der Waals surface area contributed by atoms with Crippen LogP contribution < -0.4 is 9.47 Å². The fourth-order valence-corrected chi connectivity index (χ4v) is 2.31. The summed E-state index contributed by atoms with van der Waals surface area (Å²) in [6, 6.07) is 3.45. The highest BCUT2D eigenvalue weighted by molar-refractivity contribution is 5.77. The van der Waals surface area contributed by atoms with Crippen LogP contribution in [0.5, 0.6) is 11.5 Å². The molecule has 0 bridgehead atoms. The van der Waals surface area contributed by atoms with Gasteiger partial charge in [-0.1, -0.05) is 6.08 Å². The molecule has 25 heavy (non-hydrogen) atoms. The molecule has 1 aromatic rings. The molecule has 1 atom stereocenters. The molecule has 0 amide bonds. The van der Waals surface area contributed by atoms with Crippen LogP contribution in [0.15, 0.2) is 24.8 Å². The van der Waals surface area contributed by atoms with Gasteiger partial charge in [0, 0.05) is 11.5 Å². The molecule has 0 fully saturated rings. The van der Waals surface area contributed by atoms with Gasteiger partial charge in [-0.15, -0.1) is 6.58 Å². The van der Waals surface area contributed by atoms with Crippen molar-refractivity contribution in [3.63, 3.8) is 0 Å². The predicted octanol–water partition coefficient (Wildman–Crippen LogP) is 3.47. The van der Waals surface area contributed by atoms with Gasteiger partial charge in [0.1, 0.15) is 11.5 Å². The highest BCUT2D eigenvalue weighted by Crippen LogP contribution is 2.37. The Kier molecular flexibility index (Phi) is 7.03. The Labute approximate surface area is 148 Å². The number of carbonyl (C=O) groups is 2. The highest BCUT2D eigenvalue weighted by atomic mass is 16.5. The summed E-state index contributed by atoms with van der Waals surface area (Å²) in [5, 5.41) is 9.33. The van der Waals surface area contributed by atoms with Crippen LogP contribution in [0.2, 0.25) is 0 Å². The van der Waals surface area contributed by atoms with Crippen LogP contribution >= 0.6 is 0 Å². The molecule has 0 saturated heterocycles. The zero-order valence-electron chi connectivity index (χ0n) is 15.4. The maximum Gasteiger partial charge on any atom is 0.347 e. The van der Waals surface area contributed by atoms with E-state index in [-0.39, 0.29) is 19.0 Å². The second-order valence-electron chi connectivity index (χ2n) is 6.13. The van der Waals surface area contributed by atoms with E-state index in [4.69, 9.17) is 14.2 Å². The van der Waals surface area contributed by atoms with Gasteiger partial charge in [-0.2, -0.15) is 0 Å². The monoisotopic (exact) mass is 350 g/mol. The van der Waals surface area contributed by atoms with Crippen molar-refractivity contribution in [2.75, 3.05) is 13.7 Å². The Hall–Kier alpha value is -2.50. The molecule has 138 valence electrons. The van der Waals surface area contributed by atoms with Crippen LogP contribution in [0.25, 0.3) is 0 Å². The maximum absolute atomic E-state index is 11.9. The van der Waals surface area contributed by atoms with Crippen molar-refractivity contribution >= 4 is 11.9 Å². The average molecular weight is 350 g/mol. The van der Waals surface area contributed by atoms with Gasteiger partial charge in [-0.05, 0) is 45.4 Å². The number of rotatable bonds is 9. The van der Waals surface area contributed by atoms with Crippen molar-refractivity contribution in [3.05, 3.63) is 35.9 Å². The molecule has 1 N–H and O–H groups in total. The number of benzene rings is 1. The lowest BCUT2D eigenvalue weighted by Crippen LogP contribution is -2.38. The highest BCUT2D eigenvalue weighted by Gasteiger charge is 2.31. The first-order chi connectivity index (χ1) is 11.7. The first kappa shape index (κ1) is 20.5. The molecular formula is C19H26O6. The van der Waals surface area contributed by atoms with E-state index >= 15 is 0 Å². The number of carboxylic acids is 1. The van der Waals surface area contributed by atoms with Crippen LogP contribution in [0, 0.1) is 6.92 Å². The van der Waals surface area contributed by atoms with Gasteiger partial charge >= 0.3 is 11.9 Å². The summed E-state index contributed by atoms with van der Waals surface area (Å²) < 4.78 is 16.1. The van der Waals surface area contributed by atoms with Crippen molar-refractivity contribution in [2.45, 2.75) is 45.6 Å². The molecule has 1 aromatic carbocycles. The van der Waals surface area contributed by atoms with Crippen LogP contribution in [0.3, 0.4) is 0 Å². The van der Waals surface area contributed by atoms with Gasteiger partial charge in [-0.25, -0.2) is 4.79 Å². The van der Waals surface area contributed by atoms with E-state index in [0.717, 1.165) is 5.56 Å². The van der Waals surface area contributed by atoms with Crippen molar-refractivity contribution in [1.82, 2.24) is 0 Å². The minimum Gasteiger partial charge on any atom is -0.496 e. The largest absolute Gasteiger partial charge is 0.496 e. The Morgan fingerprint density at radius 3 is 2.44 bits per heavy atom. The van der Waals surface area contributed by atoms with Crippen molar-refractivity contribution in [2.24, 2.45) is 0 Å². The molecule has 6 nitrogen and oxygen atoms in total. The number of hydrogen-bond acceptors (Lipinski definition) is 5. The zero-order chi connectivity index (χ0) is 19.2. The smallest absolute Gasteiger partial charge is 0.347 e. The number of carbonyl (C=O) groups excluding carboxylic acids is 1. The third-order valence-electron chi connectivity index (χ3n) is 3.78. The fourth-order valence-electron chi connectivity index (χ4n) is 2.31. The van der Waals surface area contributed by atoms with E-state index in [1.54, 1.807) is 32.2 Å². The Morgan fingerprint density at radius 2 is 1.96 bits per heavy atom. The number of aryl methyl sites for hydroxylation is 1. The van der Waals surface area contributed by atoms with Crippen LogP contribution in [0.4, 0.5) is 0 Å². The van der Waals surface area contributed by atoms with E-state index < -0.39 is 17.5 Å². The summed E-state index contributed by atoms with van der Waals surface area (Å²) in [5.74, 6) is -0.859. The quantitative estimate of drug-likeness (QED) is 0.542. The molecular weight excluding hydrogens is 324 g/mol. The molecule has 1 unspecified atom stereocenters. The molecule has 1 rings (SSSR count). The summed E-state index contributed by atoms with van der Waals surface area (Å²) in [4.78, 5) is 23.3. The number of carboxylic acid groups (broad SMARTS) is 1. The minimum absolute atomic E-state index is 0.0768. The number of allylic oxidation sites excluding steroid dienone is 1. The molecule has 0 aromatic heterocycles. The van der Waals surface area contributed by atoms with Crippen molar-refractivity contribution < 1.29 is 28.9 Å². The van der Waals surface area contributed by atoms with E-state index in [1.807, 2.05) is 6.92 Å². The van der Waals surface area contributed by atoms with Gasteiger partial charge in [-0.3, -0.25) is 4.79 Å². The predicted molar refractivity (Wildman–Crippen MR) is 94.3 cm³/mol. The van der Waals surface area contributed by atoms with Crippen molar-refractivity contribution in [3.8, 4) is 11.5 Å². The minimum atomic E-state index is -1.43. The lowest BCUT2D eigenvalue weighted by Gasteiger charge is -2.26.